The van der Waals surface area contributed by atoms with Gasteiger partial charge in [0.2, 0.25) is 0 Å². The van der Waals surface area contributed by atoms with E-state index in [1.165, 1.54) is 70.1 Å². The van der Waals surface area contributed by atoms with Crippen LogP contribution in [0.2, 0.25) is 0 Å². The highest BCUT2D eigenvalue weighted by molar-refractivity contribution is 7.25. The normalized spacial score (nSPS) is 13.5. The monoisotopic (exact) mass is 590 g/mol. The molecule has 10 rings (SSSR count). The van der Waals surface area contributed by atoms with E-state index < -0.39 is 5.41 Å². The van der Waals surface area contributed by atoms with Gasteiger partial charge in [-0.3, -0.25) is 0 Å². The minimum absolute atomic E-state index is 0.448. The first-order chi connectivity index (χ1) is 22.3. The fraction of sp³-hybridized carbons (Fsp3) is 0.0233. The number of furan rings is 1. The summed E-state index contributed by atoms with van der Waals surface area (Å²) in [5.41, 5.74) is 11.4. The largest absolute Gasteiger partial charge is 0.456 e. The molecule has 1 aliphatic carbocycles. The SMILES string of the molecule is c1ccc(C2(c3ccccc3)c3ccccc3-c3cc4c(cc32)oc2cccc(-c3ccc5c(c3)sc3ccccc35)c24)cc1. The molecule has 0 atom stereocenters. The molecule has 0 radical (unpaired) electrons. The van der Waals surface area contributed by atoms with Crippen molar-refractivity contribution in [2.24, 2.45) is 0 Å². The predicted molar refractivity (Wildman–Crippen MR) is 189 cm³/mol. The third-order valence-electron chi connectivity index (χ3n) is 9.76. The van der Waals surface area contributed by atoms with Gasteiger partial charge in [-0.1, -0.05) is 127 Å². The van der Waals surface area contributed by atoms with Crippen molar-refractivity contribution in [3.63, 3.8) is 0 Å². The highest BCUT2D eigenvalue weighted by Crippen LogP contribution is 2.57. The second kappa shape index (κ2) is 9.28. The molecular formula is C43H26OS. The summed E-state index contributed by atoms with van der Waals surface area (Å²) in [5.74, 6) is 0. The summed E-state index contributed by atoms with van der Waals surface area (Å²) in [5, 5.41) is 4.97. The van der Waals surface area contributed by atoms with Gasteiger partial charge in [-0.25, -0.2) is 0 Å². The van der Waals surface area contributed by atoms with Crippen LogP contribution in [0.4, 0.5) is 0 Å². The molecule has 210 valence electrons. The van der Waals surface area contributed by atoms with Crippen molar-refractivity contribution in [2.75, 3.05) is 0 Å². The van der Waals surface area contributed by atoms with Crippen molar-refractivity contribution in [1.29, 1.82) is 0 Å². The molecule has 0 aliphatic heterocycles. The molecule has 0 bridgehead atoms. The summed E-state index contributed by atoms with van der Waals surface area (Å²) in [6.07, 6.45) is 0. The van der Waals surface area contributed by atoms with E-state index in [1.807, 2.05) is 11.3 Å². The Balaban J connectivity index is 1.27. The van der Waals surface area contributed by atoms with E-state index >= 15 is 0 Å². The maximum Gasteiger partial charge on any atom is 0.136 e. The van der Waals surface area contributed by atoms with Crippen LogP contribution in [-0.2, 0) is 5.41 Å². The molecule has 1 nitrogen and oxygen atoms in total. The summed E-state index contributed by atoms with van der Waals surface area (Å²) < 4.78 is 9.38. The molecule has 0 amide bonds. The summed E-state index contributed by atoms with van der Waals surface area (Å²) in [7, 11) is 0. The number of benzene rings is 7. The Bertz CT molecular complexity index is 2550. The van der Waals surface area contributed by atoms with E-state index in [0.717, 1.165) is 16.6 Å². The molecule has 2 aromatic heterocycles. The Morgan fingerprint density at radius 1 is 0.422 bits per heavy atom. The zero-order valence-electron chi connectivity index (χ0n) is 24.3. The van der Waals surface area contributed by atoms with Gasteiger partial charge in [-0.05, 0) is 74.8 Å². The van der Waals surface area contributed by atoms with Crippen LogP contribution in [0.1, 0.15) is 22.3 Å². The molecule has 0 unspecified atom stereocenters. The quantitative estimate of drug-likeness (QED) is 0.199. The van der Waals surface area contributed by atoms with E-state index in [-0.39, 0.29) is 0 Å². The van der Waals surface area contributed by atoms with Crippen LogP contribution < -0.4 is 0 Å². The molecule has 1 aliphatic rings. The molecule has 0 fully saturated rings. The van der Waals surface area contributed by atoms with Gasteiger partial charge in [0, 0.05) is 30.9 Å². The highest BCUT2D eigenvalue weighted by Gasteiger charge is 2.46. The third kappa shape index (κ3) is 3.38. The molecule has 45 heavy (non-hydrogen) atoms. The van der Waals surface area contributed by atoms with Gasteiger partial charge < -0.3 is 4.42 Å². The van der Waals surface area contributed by atoms with E-state index in [2.05, 4.69) is 158 Å². The van der Waals surface area contributed by atoms with Crippen molar-refractivity contribution >= 4 is 53.4 Å². The lowest BCUT2D eigenvalue weighted by molar-refractivity contribution is 0.666. The molecule has 0 saturated carbocycles. The molecule has 2 heteroatoms. The Labute approximate surface area is 264 Å². The average molecular weight is 591 g/mol. The Morgan fingerprint density at radius 2 is 1.11 bits per heavy atom. The Morgan fingerprint density at radius 3 is 1.93 bits per heavy atom. The summed E-state index contributed by atoms with van der Waals surface area (Å²) in [6.45, 7) is 0. The van der Waals surface area contributed by atoms with E-state index in [0.29, 0.717) is 0 Å². The van der Waals surface area contributed by atoms with Crippen molar-refractivity contribution < 1.29 is 4.42 Å². The standard InChI is InChI=1S/C43H26OS/c1-3-12-28(13-4-1)43(29-14-5-2-6-15-29)36-19-9-7-16-31(36)34-25-35-39(26-37(34)43)44-38-20-11-18-30(42(35)38)27-22-23-33-32-17-8-10-21-40(32)45-41(33)24-27/h1-26H. The molecule has 0 spiro atoms. The number of hydrogen-bond donors (Lipinski definition) is 0. The maximum atomic E-state index is 6.74. The van der Waals surface area contributed by atoms with Crippen LogP contribution in [0, 0.1) is 0 Å². The van der Waals surface area contributed by atoms with E-state index in [9.17, 15) is 0 Å². The smallest absolute Gasteiger partial charge is 0.136 e. The zero-order valence-corrected chi connectivity index (χ0v) is 25.1. The van der Waals surface area contributed by atoms with Crippen molar-refractivity contribution in [2.45, 2.75) is 5.41 Å². The second-order valence-electron chi connectivity index (χ2n) is 12.0. The lowest BCUT2D eigenvalue weighted by Gasteiger charge is -2.33. The molecule has 2 heterocycles. The van der Waals surface area contributed by atoms with Crippen LogP contribution in [0.3, 0.4) is 0 Å². The van der Waals surface area contributed by atoms with Gasteiger partial charge >= 0.3 is 0 Å². The number of hydrogen-bond acceptors (Lipinski definition) is 2. The van der Waals surface area contributed by atoms with Gasteiger partial charge in [0.05, 0.1) is 5.41 Å². The molecule has 9 aromatic rings. The number of fused-ring (bicyclic) bond motifs is 9. The van der Waals surface area contributed by atoms with Gasteiger partial charge in [0.25, 0.3) is 0 Å². The number of thiophene rings is 1. The first kappa shape index (κ1) is 24.9. The van der Waals surface area contributed by atoms with Crippen LogP contribution in [0.5, 0.6) is 0 Å². The van der Waals surface area contributed by atoms with Crippen molar-refractivity contribution in [3.8, 4) is 22.3 Å². The van der Waals surface area contributed by atoms with Crippen LogP contribution in [-0.4, -0.2) is 0 Å². The first-order valence-electron chi connectivity index (χ1n) is 15.4. The second-order valence-corrected chi connectivity index (χ2v) is 13.1. The lowest BCUT2D eigenvalue weighted by atomic mass is 9.67. The summed E-state index contributed by atoms with van der Waals surface area (Å²) in [6, 6.07) is 57.6. The minimum Gasteiger partial charge on any atom is -0.456 e. The highest BCUT2D eigenvalue weighted by atomic mass is 32.1. The summed E-state index contributed by atoms with van der Waals surface area (Å²) in [4.78, 5) is 0. The predicted octanol–water partition coefficient (Wildman–Crippen LogP) is 12.0. The van der Waals surface area contributed by atoms with Gasteiger partial charge in [0.15, 0.2) is 0 Å². The van der Waals surface area contributed by atoms with Crippen LogP contribution in [0.15, 0.2) is 162 Å². The first-order valence-corrected chi connectivity index (χ1v) is 16.2. The lowest BCUT2D eigenvalue weighted by Crippen LogP contribution is -2.28. The van der Waals surface area contributed by atoms with Crippen molar-refractivity contribution in [1.82, 2.24) is 0 Å². The minimum atomic E-state index is -0.448. The fourth-order valence-electron chi connectivity index (χ4n) is 7.89. The van der Waals surface area contributed by atoms with Crippen molar-refractivity contribution in [3.05, 3.63) is 180 Å². The average Bonchev–Trinajstić information content (AvgIpc) is 3.75. The molecule has 0 N–H and O–H groups in total. The topological polar surface area (TPSA) is 13.1 Å². The fourth-order valence-corrected chi connectivity index (χ4v) is 9.04. The third-order valence-corrected chi connectivity index (χ3v) is 10.9. The Hall–Kier alpha value is -5.44. The number of rotatable bonds is 3. The van der Waals surface area contributed by atoms with Gasteiger partial charge in [-0.15, -0.1) is 11.3 Å². The summed E-state index contributed by atoms with van der Waals surface area (Å²) >= 11 is 1.86. The van der Waals surface area contributed by atoms with Crippen LogP contribution >= 0.6 is 11.3 Å². The van der Waals surface area contributed by atoms with Crippen LogP contribution in [0.25, 0.3) is 64.4 Å². The maximum absolute atomic E-state index is 6.74. The zero-order chi connectivity index (χ0) is 29.5. The molecular weight excluding hydrogens is 565 g/mol. The van der Waals surface area contributed by atoms with E-state index in [1.54, 1.807) is 0 Å². The van der Waals surface area contributed by atoms with Gasteiger partial charge in [-0.2, -0.15) is 0 Å². The molecule has 7 aromatic carbocycles. The van der Waals surface area contributed by atoms with E-state index in [4.69, 9.17) is 4.42 Å². The van der Waals surface area contributed by atoms with Gasteiger partial charge in [0.1, 0.15) is 11.2 Å². The molecule has 0 saturated heterocycles. The Kier molecular flexibility index (Phi) is 5.14.